The fourth-order valence-corrected chi connectivity index (χ4v) is 17.1. The molecule has 2 spiro atoms. The molecule has 0 bridgehead atoms. The van der Waals surface area contributed by atoms with Crippen LogP contribution in [0.4, 0.5) is 0 Å². The predicted octanol–water partition coefficient (Wildman–Crippen LogP) is 8.45. The van der Waals surface area contributed by atoms with Crippen molar-refractivity contribution in [2.24, 2.45) is 5.92 Å². The number of rotatable bonds is 3. The summed E-state index contributed by atoms with van der Waals surface area (Å²) in [6, 6.07) is 18.8. The first-order valence-electron chi connectivity index (χ1n) is 12.6. The van der Waals surface area contributed by atoms with Crippen LogP contribution in [-0.2, 0) is 5.41 Å². The Morgan fingerprint density at radius 2 is 1.52 bits per heavy atom. The summed E-state index contributed by atoms with van der Waals surface area (Å²) in [5.41, 5.74) is 12.7. The van der Waals surface area contributed by atoms with E-state index in [2.05, 4.69) is 102 Å². The molecule has 2 aromatic carbocycles. The van der Waals surface area contributed by atoms with Crippen molar-refractivity contribution in [3.63, 3.8) is 0 Å². The van der Waals surface area contributed by atoms with Gasteiger partial charge in [0.25, 0.3) is 0 Å². The number of hydrogen-bond donors (Lipinski definition) is 0. The number of hydrogen-bond acceptors (Lipinski definition) is 0. The lowest BCUT2D eigenvalue weighted by atomic mass is 9.47. The van der Waals surface area contributed by atoms with E-state index in [9.17, 15) is 0 Å². The fourth-order valence-electron chi connectivity index (χ4n) is 9.39. The highest BCUT2D eigenvalue weighted by Gasteiger charge is 2.94. The Labute approximate surface area is 200 Å². The van der Waals surface area contributed by atoms with Crippen LogP contribution in [0.25, 0.3) is 11.1 Å². The molecule has 1 saturated carbocycles. The zero-order chi connectivity index (χ0) is 22.9. The highest BCUT2D eigenvalue weighted by atomic mass is 32.3. The molecule has 33 heavy (non-hydrogen) atoms. The van der Waals surface area contributed by atoms with Crippen molar-refractivity contribution in [2.45, 2.75) is 68.1 Å². The van der Waals surface area contributed by atoms with Gasteiger partial charge in [0.2, 0.25) is 0 Å². The number of allylic oxidation sites excluding steroid dienone is 5. The molecule has 2 fully saturated rings. The minimum absolute atomic E-state index is 0.123. The van der Waals surface area contributed by atoms with E-state index in [1.807, 2.05) is 0 Å². The van der Waals surface area contributed by atoms with E-state index in [1.165, 1.54) is 23.1 Å². The van der Waals surface area contributed by atoms with Gasteiger partial charge in [0.05, 0.1) is 0 Å². The Kier molecular flexibility index (Phi) is 3.69. The van der Waals surface area contributed by atoms with E-state index in [-0.39, 0.29) is 5.41 Å². The predicted molar refractivity (Wildman–Crippen MR) is 144 cm³/mol. The van der Waals surface area contributed by atoms with Crippen LogP contribution in [0.15, 0.2) is 94.5 Å². The first-order valence-corrected chi connectivity index (χ1v) is 14.4. The smallest absolute Gasteiger partial charge is 0.0402 e. The zero-order valence-corrected chi connectivity index (χ0v) is 21.4. The van der Waals surface area contributed by atoms with E-state index >= 15 is 0 Å². The Bertz CT molecular complexity index is 1320. The first kappa shape index (κ1) is 20.2. The summed E-state index contributed by atoms with van der Waals surface area (Å²) in [5.74, 6) is 0.703. The zero-order valence-electron chi connectivity index (χ0n) is 20.5. The number of benzene rings is 2. The molecule has 0 aromatic heterocycles. The van der Waals surface area contributed by atoms with E-state index in [0.29, 0.717) is 15.9 Å². The maximum absolute atomic E-state index is 4.36. The van der Waals surface area contributed by atoms with Gasteiger partial charge in [0, 0.05) is 20.7 Å². The molecule has 5 aliphatic rings. The van der Waals surface area contributed by atoms with Crippen LogP contribution >= 0.6 is 10.0 Å². The number of fused-ring (bicyclic) bond motifs is 11. The van der Waals surface area contributed by atoms with Gasteiger partial charge in [-0.3, -0.25) is 0 Å². The van der Waals surface area contributed by atoms with Crippen LogP contribution in [0.1, 0.15) is 58.6 Å². The van der Waals surface area contributed by atoms with Crippen molar-refractivity contribution < 1.29 is 0 Å². The highest BCUT2D eigenvalue weighted by Crippen LogP contribution is 3.05. The summed E-state index contributed by atoms with van der Waals surface area (Å²) in [6.45, 7) is 16.5. The molecule has 2 aliphatic heterocycles. The topological polar surface area (TPSA) is 0 Å². The van der Waals surface area contributed by atoms with Gasteiger partial charge >= 0.3 is 0 Å². The van der Waals surface area contributed by atoms with E-state index in [1.54, 1.807) is 32.8 Å². The molecule has 0 N–H and O–H groups in total. The molecule has 2 aromatic rings. The lowest BCUT2D eigenvalue weighted by Gasteiger charge is -2.54. The molecular weight excluding hydrogens is 416 g/mol. The summed E-state index contributed by atoms with van der Waals surface area (Å²) in [6.07, 6.45) is 7.33. The SMILES string of the molecule is C=CCC12C(C(CC)C13c1ccccc1-c1ccccc13)S21C(C)=C(C)C2=C(C)C(C)=CC21. The second-order valence-electron chi connectivity index (χ2n) is 10.9. The highest BCUT2D eigenvalue weighted by molar-refractivity contribution is 8.45. The van der Waals surface area contributed by atoms with Crippen LogP contribution in [0, 0.1) is 5.92 Å². The third kappa shape index (κ3) is 1.71. The first-order chi connectivity index (χ1) is 16.0. The van der Waals surface area contributed by atoms with Gasteiger partial charge in [-0.1, -0.05) is 79.6 Å². The van der Waals surface area contributed by atoms with E-state index in [4.69, 9.17) is 0 Å². The average molecular weight is 451 g/mol. The summed E-state index contributed by atoms with van der Waals surface area (Å²) in [4.78, 5) is 1.76. The third-order valence-corrected chi connectivity index (χ3v) is 16.1. The van der Waals surface area contributed by atoms with E-state index < -0.39 is 10.0 Å². The molecule has 1 heteroatoms. The second kappa shape index (κ2) is 6.05. The van der Waals surface area contributed by atoms with Crippen LogP contribution in [0.5, 0.6) is 0 Å². The molecule has 1 saturated heterocycles. The van der Waals surface area contributed by atoms with Gasteiger partial charge in [-0.05, 0) is 83.9 Å². The summed E-state index contributed by atoms with van der Waals surface area (Å²) in [7, 11) is -1.00. The molecule has 0 nitrogen and oxygen atoms in total. The van der Waals surface area contributed by atoms with Gasteiger partial charge in [-0.2, -0.15) is 10.0 Å². The third-order valence-electron chi connectivity index (χ3n) is 10.4. The molecule has 5 atom stereocenters. The Balaban J connectivity index is 1.59. The van der Waals surface area contributed by atoms with Gasteiger partial charge in [-0.25, -0.2) is 0 Å². The van der Waals surface area contributed by atoms with Crippen LogP contribution in [0.2, 0.25) is 0 Å². The lowest BCUT2D eigenvalue weighted by Crippen LogP contribution is -2.60. The van der Waals surface area contributed by atoms with Crippen molar-refractivity contribution in [1.82, 2.24) is 0 Å². The molecule has 3 aliphatic carbocycles. The molecule has 168 valence electrons. The summed E-state index contributed by atoms with van der Waals surface area (Å²) < 4.78 is 0.296. The van der Waals surface area contributed by atoms with Gasteiger partial charge in [0.15, 0.2) is 0 Å². The molecular formula is C32H34S. The molecule has 0 amide bonds. The molecule has 2 heterocycles. The Morgan fingerprint density at radius 3 is 2.09 bits per heavy atom. The standard InChI is InChI=1S/C32H34S/c1-7-17-31-30(33(31)22(6)21(5)29-20(4)19(3)18-28(29)33)25(8-2)32(31)26-15-11-9-13-23(26)24-14-10-12-16-27(24)32/h7,9-16,18,25,28,30H,1,8,17H2,2-6H3. The van der Waals surface area contributed by atoms with Gasteiger partial charge in [0.1, 0.15) is 0 Å². The van der Waals surface area contributed by atoms with Crippen molar-refractivity contribution in [3.05, 3.63) is 106 Å². The maximum atomic E-state index is 4.36. The van der Waals surface area contributed by atoms with Crippen molar-refractivity contribution in [3.8, 4) is 11.1 Å². The monoisotopic (exact) mass is 450 g/mol. The minimum atomic E-state index is -1.00. The van der Waals surface area contributed by atoms with Crippen LogP contribution in [-0.4, -0.2) is 15.2 Å². The van der Waals surface area contributed by atoms with Gasteiger partial charge < -0.3 is 0 Å². The molecule has 0 radical (unpaired) electrons. The van der Waals surface area contributed by atoms with Gasteiger partial charge in [-0.15, -0.1) is 6.58 Å². The Morgan fingerprint density at radius 1 is 0.909 bits per heavy atom. The van der Waals surface area contributed by atoms with Crippen LogP contribution < -0.4 is 0 Å². The van der Waals surface area contributed by atoms with Crippen molar-refractivity contribution >= 4 is 10.0 Å². The molecule has 5 unspecified atom stereocenters. The van der Waals surface area contributed by atoms with Crippen LogP contribution in [0.3, 0.4) is 0 Å². The molecule has 7 rings (SSSR count). The summed E-state index contributed by atoms with van der Waals surface area (Å²) in [5, 5.41) is 1.43. The summed E-state index contributed by atoms with van der Waals surface area (Å²) >= 11 is 0. The maximum Gasteiger partial charge on any atom is 0.0402 e. The Hall–Kier alpha value is -2.25. The fraction of sp³-hybridized carbons (Fsp3) is 0.375. The van der Waals surface area contributed by atoms with E-state index in [0.717, 1.165) is 11.7 Å². The normalized spacial score (nSPS) is 37.8. The second-order valence-corrected chi connectivity index (χ2v) is 14.7. The quantitative estimate of drug-likeness (QED) is 0.325. The average Bonchev–Trinajstić information content (AvgIpc) is 3.02. The van der Waals surface area contributed by atoms with Crippen molar-refractivity contribution in [2.75, 3.05) is 0 Å². The minimum Gasteiger partial charge on any atom is -0.195 e. The largest absolute Gasteiger partial charge is 0.195 e. The van der Waals surface area contributed by atoms with Crippen molar-refractivity contribution in [1.29, 1.82) is 0 Å². The lowest BCUT2D eigenvalue weighted by molar-refractivity contribution is 0.151.